The highest BCUT2D eigenvalue weighted by molar-refractivity contribution is 7.89. The second kappa shape index (κ2) is 4.89. The van der Waals surface area contributed by atoms with E-state index in [2.05, 4.69) is 0 Å². The minimum absolute atomic E-state index is 0.00757. The largest absolute Gasteiger partial charge is 0.299 e. The third kappa shape index (κ3) is 4.08. The van der Waals surface area contributed by atoms with E-state index in [1.54, 1.807) is 30.3 Å². The molecule has 0 aliphatic carbocycles. The number of hydrogen-bond acceptors (Lipinski definition) is 3. The molecule has 0 atom stereocenters. The first-order valence-corrected chi connectivity index (χ1v) is 6.46. The van der Waals surface area contributed by atoms with Gasteiger partial charge in [0.2, 0.25) is 0 Å². The van der Waals surface area contributed by atoms with Gasteiger partial charge in [0.25, 0.3) is 0 Å². The van der Waals surface area contributed by atoms with E-state index >= 15 is 0 Å². The maximum absolute atomic E-state index is 11.1. The van der Waals surface area contributed by atoms with Gasteiger partial charge in [-0.25, -0.2) is 8.42 Å². The SMILES string of the molecule is CS(=O)(=O)Cc1ccccc1C=CC=O. The highest BCUT2D eigenvalue weighted by Gasteiger charge is 2.06. The van der Waals surface area contributed by atoms with Gasteiger partial charge in [-0.1, -0.05) is 30.3 Å². The summed E-state index contributed by atoms with van der Waals surface area (Å²) in [5.74, 6) is -0.00757. The number of sulfone groups is 1. The zero-order valence-corrected chi connectivity index (χ0v) is 9.20. The number of carbonyl (C=O) groups is 1. The topological polar surface area (TPSA) is 51.2 Å². The van der Waals surface area contributed by atoms with Crippen molar-refractivity contribution in [2.75, 3.05) is 6.26 Å². The first kappa shape index (κ1) is 11.7. The van der Waals surface area contributed by atoms with Crippen molar-refractivity contribution >= 4 is 22.2 Å². The number of aldehydes is 1. The average molecular weight is 224 g/mol. The molecule has 0 aromatic heterocycles. The minimum Gasteiger partial charge on any atom is -0.299 e. The number of carbonyl (C=O) groups excluding carboxylic acids is 1. The van der Waals surface area contributed by atoms with Crippen LogP contribution in [0.15, 0.2) is 30.3 Å². The van der Waals surface area contributed by atoms with Gasteiger partial charge >= 0.3 is 0 Å². The van der Waals surface area contributed by atoms with Gasteiger partial charge in [0.05, 0.1) is 5.75 Å². The van der Waals surface area contributed by atoms with Crippen LogP contribution in [0.3, 0.4) is 0 Å². The molecular weight excluding hydrogens is 212 g/mol. The molecule has 0 fully saturated rings. The first-order valence-electron chi connectivity index (χ1n) is 4.40. The van der Waals surface area contributed by atoms with Crippen LogP contribution in [0.1, 0.15) is 11.1 Å². The predicted molar refractivity (Wildman–Crippen MR) is 60.1 cm³/mol. The Bertz CT molecular complexity index is 472. The van der Waals surface area contributed by atoms with Crippen molar-refractivity contribution in [2.45, 2.75) is 5.75 Å². The van der Waals surface area contributed by atoms with Crippen molar-refractivity contribution in [3.05, 3.63) is 41.5 Å². The van der Waals surface area contributed by atoms with Crippen molar-refractivity contribution < 1.29 is 13.2 Å². The Balaban J connectivity index is 3.06. The van der Waals surface area contributed by atoms with Crippen LogP contribution in [0.25, 0.3) is 6.08 Å². The van der Waals surface area contributed by atoms with Crippen molar-refractivity contribution in [3.8, 4) is 0 Å². The summed E-state index contributed by atoms with van der Waals surface area (Å²) in [5, 5.41) is 0. The van der Waals surface area contributed by atoms with Crippen LogP contribution in [0.5, 0.6) is 0 Å². The lowest BCUT2D eigenvalue weighted by Gasteiger charge is -2.03. The molecule has 15 heavy (non-hydrogen) atoms. The molecule has 0 N–H and O–H groups in total. The Morgan fingerprint density at radius 1 is 1.27 bits per heavy atom. The highest BCUT2D eigenvalue weighted by atomic mass is 32.2. The van der Waals surface area contributed by atoms with Crippen molar-refractivity contribution in [1.29, 1.82) is 0 Å². The van der Waals surface area contributed by atoms with E-state index in [0.29, 0.717) is 11.8 Å². The highest BCUT2D eigenvalue weighted by Crippen LogP contribution is 2.13. The maximum atomic E-state index is 11.1. The Kier molecular flexibility index (Phi) is 3.80. The van der Waals surface area contributed by atoms with E-state index in [0.717, 1.165) is 5.56 Å². The van der Waals surface area contributed by atoms with Gasteiger partial charge < -0.3 is 0 Å². The van der Waals surface area contributed by atoms with Gasteiger partial charge in [-0.15, -0.1) is 0 Å². The molecular formula is C11H12O3S. The molecule has 3 nitrogen and oxygen atoms in total. The molecule has 0 saturated carbocycles. The molecule has 0 heterocycles. The van der Waals surface area contributed by atoms with Crippen LogP contribution < -0.4 is 0 Å². The lowest BCUT2D eigenvalue weighted by molar-refractivity contribution is -0.104. The third-order valence-corrected chi connectivity index (χ3v) is 2.66. The van der Waals surface area contributed by atoms with E-state index in [4.69, 9.17) is 0 Å². The Hall–Kier alpha value is -1.42. The molecule has 1 rings (SSSR count). The summed E-state index contributed by atoms with van der Waals surface area (Å²) in [5.41, 5.74) is 1.47. The Morgan fingerprint density at radius 3 is 2.53 bits per heavy atom. The fourth-order valence-electron chi connectivity index (χ4n) is 1.25. The molecule has 0 unspecified atom stereocenters. The lowest BCUT2D eigenvalue weighted by atomic mass is 10.1. The van der Waals surface area contributed by atoms with E-state index in [-0.39, 0.29) is 5.75 Å². The number of hydrogen-bond donors (Lipinski definition) is 0. The second-order valence-electron chi connectivity index (χ2n) is 3.26. The van der Waals surface area contributed by atoms with Crippen LogP contribution in [-0.2, 0) is 20.4 Å². The van der Waals surface area contributed by atoms with Gasteiger partial charge in [-0.3, -0.25) is 4.79 Å². The zero-order valence-electron chi connectivity index (χ0n) is 8.38. The molecule has 0 aliphatic heterocycles. The van der Waals surface area contributed by atoms with Gasteiger partial charge in [0.15, 0.2) is 9.84 Å². The Labute approximate surface area is 89.4 Å². The minimum atomic E-state index is -3.05. The van der Waals surface area contributed by atoms with Gasteiger partial charge in [0, 0.05) is 6.26 Å². The number of rotatable bonds is 4. The number of benzene rings is 1. The van der Waals surface area contributed by atoms with Crippen molar-refractivity contribution in [2.24, 2.45) is 0 Å². The monoisotopic (exact) mass is 224 g/mol. The van der Waals surface area contributed by atoms with E-state index < -0.39 is 9.84 Å². The van der Waals surface area contributed by atoms with Crippen LogP contribution in [0, 0.1) is 0 Å². The van der Waals surface area contributed by atoms with Crippen molar-refractivity contribution in [1.82, 2.24) is 0 Å². The lowest BCUT2D eigenvalue weighted by Crippen LogP contribution is -2.02. The van der Waals surface area contributed by atoms with Crippen LogP contribution >= 0.6 is 0 Å². The van der Waals surface area contributed by atoms with Gasteiger partial charge in [-0.2, -0.15) is 0 Å². The van der Waals surface area contributed by atoms with E-state index in [9.17, 15) is 13.2 Å². The summed E-state index contributed by atoms with van der Waals surface area (Å²) < 4.78 is 22.3. The van der Waals surface area contributed by atoms with Crippen LogP contribution in [0.2, 0.25) is 0 Å². The predicted octanol–water partition coefficient (Wildman–Crippen LogP) is 1.44. The smallest absolute Gasteiger partial charge is 0.151 e. The summed E-state index contributed by atoms with van der Waals surface area (Å²) in [6.45, 7) is 0. The normalized spacial score (nSPS) is 11.8. The molecule has 80 valence electrons. The number of allylic oxidation sites excluding steroid dienone is 1. The third-order valence-electron chi connectivity index (χ3n) is 1.83. The Morgan fingerprint density at radius 2 is 1.93 bits per heavy atom. The average Bonchev–Trinajstić information content (AvgIpc) is 2.14. The van der Waals surface area contributed by atoms with Crippen LogP contribution in [-0.4, -0.2) is 21.0 Å². The van der Waals surface area contributed by atoms with Gasteiger partial charge in [-0.05, 0) is 17.2 Å². The molecule has 1 aromatic rings. The molecule has 0 bridgehead atoms. The fourth-order valence-corrected chi connectivity index (χ4v) is 2.08. The van der Waals surface area contributed by atoms with Gasteiger partial charge in [0.1, 0.15) is 6.29 Å². The summed E-state index contributed by atoms with van der Waals surface area (Å²) in [4.78, 5) is 10.2. The molecule has 0 amide bonds. The second-order valence-corrected chi connectivity index (χ2v) is 5.40. The summed E-state index contributed by atoms with van der Waals surface area (Å²) in [6.07, 6.45) is 4.80. The molecule has 0 saturated heterocycles. The molecule has 1 aromatic carbocycles. The summed E-state index contributed by atoms with van der Waals surface area (Å²) in [6, 6.07) is 7.10. The first-order chi connectivity index (χ1) is 7.03. The quantitative estimate of drug-likeness (QED) is 0.574. The molecule has 4 heteroatoms. The summed E-state index contributed by atoms with van der Waals surface area (Å²) >= 11 is 0. The maximum Gasteiger partial charge on any atom is 0.151 e. The van der Waals surface area contributed by atoms with E-state index in [1.807, 2.05) is 0 Å². The standard InChI is InChI=1S/C11H12O3S/c1-15(13,14)9-11-6-3-2-5-10(11)7-4-8-12/h2-8H,9H2,1H3. The fraction of sp³-hybridized carbons (Fsp3) is 0.182. The molecule has 0 radical (unpaired) electrons. The summed E-state index contributed by atoms with van der Waals surface area (Å²) in [7, 11) is -3.05. The van der Waals surface area contributed by atoms with E-state index in [1.165, 1.54) is 12.3 Å². The van der Waals surface area contributed by atoms with Crippen molar-refractivity contribution in [3.63, 3.8) is 0 Å². The van der Waals surface area contributed by atoms with Crippen LogP contribution in [0.4, 0.5) is 0 Å². The molecule has 0 aliphatic rings. The molecule has 0 spiro atoms. The zero-order chi connectivity index (χ0) is 11.3.